The van der Waals surface area contributed by atoms with Crippen molar-refractivity contribution in [3.05, 3.63) is 23.3 Å². The first-order valence-electron chi connectivity index (χ1n) is 7.61. The van der Waals surface area contributed by atoms with E-state index in [2.05, 4.69) is 28.2 Å². The molecule has 1 aromatic carbocycles. The third-order valence-electron chi connectivity index (χ3n) is 4.62. The molecule has 116 valence electrons. The first kappa shape index (κ1) is 14.6. The van der Waals surface area contributed by atoms with E-state index in [-0.39, 0.29) is 0 Å². The van der Waals surface area contributed by atoms with Crippen LogP contribution >= 0.6 is 0 Å². The number of hydrogen-bond acceptors (Lipinski definition) is 5. The Bertz CT molecular complexity index is 481. The number of likely N-dealkylation sites (N-methyl/N-ethyl adjacent to an activating group) is 1. The Balaban J connectivity index is 1.93. The molecule has 2 aliphatic heterocycles. The summed E-state index contributed by atoms with van der Waals surface area (Å²) >= 11 is 0. The first-order valence-corrected chi connectivity index (χ1v) is 7.61. The van der Waals surface area contributed by atoms with Crippen molar-refractivity contribution in [2.45, 2.75) is 12.6 Å². The van der Waals surface area contributed by atoms with Gasteiger partial charge in [0, 0.05) is 50.9 Å². The van der Waals surface area contributed by atoms with E-state index in [1.807, 2.05) is 6.07 Å². The zero-order chi connectivity index (χ0) is 14.8. The third-order valence-corrected chi connectivity index (χ3v) is 4.62. The zero-order valence-corrected chi connectivity index (χ0v) is 13.2. The molecule has 1 aromatic rings. The van der Waals surface area contributed by atoms with Crippen LogP contribution in [0, 0.1) is 0 Å². The second-order valence-corrected chi connectivity index (χ2v) is 5.89. The Hall–Kier alpha value is -1.30. The molecule has 0 bridgehead atoms. The molecule has 0 amide bonds. The van der Waals surface area contributed by atoms with Crippen LogP contribution in [-0.2, 0) is 6.54 Å². The summed E-state index contributed by atoms with van der Waals surface area (Å²) in [5.74, 6) is 1.82. The van der Waals surface area contributed by atoms with Crippen LogP contribution in [0.2, 0.25) is 0 Å². The van der Waals surface area contributed by atoms with Crippen molar-refractivity contribution in [3.63, 3.8) is 0 Å². The Labute approximate surface area is 126 Å². The summed E-state index contributed by atoms with van der Waals surface area (Å²) in [5.41, 5.74) is 2.63. The van der Waals surface area contributed by atoms with Crippen molar-refractivity contribution in [1.82, 2.24) is 15.1 Å². The van der Waals surface area contributed by atoms with Crippen molar-refractivity contribution in [3.8, 4) is 11.5 Å². The maximum absolute atomic E-state index is 5.65. The van der Waals surface area contributed by atoms with Crippen molar-refractivity contribution in [2.75, 3.05) is 54.0 Å². The highest BCUT2D eigenvalue weighted by atomic mass is 16.5. The molecule has 5 heteroatoms. The fraction of sp³-hybridized carbons (Fsp3) is 0.625. The summed E-state index contributed by atoms with van der Waals surface area (Å²) in [6.07, 6.45) is 0. The number of nitrogens with one attached hydrogen (secondary N) is 1. The summed E-state index contributed by atoms with van der Waals surface area (Å²) in [6, 6.07) is 4.53. The van der Waals surface area contributed by atoms with Crippen LogP contribution in [0.25, 0.3) is 0 Å². The lowest BCUT2D eigenvalue weighted by molar-refractivity contribution is 0.105. The quantitative estimate of drug-likeness (QED) is 0.902. The standard InChI is InChI=1S/C16H25N3O2/c1-18-4-6-19(7-5-18)14-11-17-10-12-8-13(20-2)9-15(21-3)16(12)14/h8-9,14,17H,4-7,10-11H2,1-3H3/t14-/m0/s1. The predicted molar refractivity (Wildman–Crippen MR) is 83.1 cm³/mol. The molecule has 0 radical (unpaired) electrons. The van der Waals surface area contributed by atoms with E-state index < -0.39 is 0 Å². The lowest BCUT2D eigenvalue weighted by atomic mass is 9.93. The van der Waals surface area contributed by atoms with E-state index in [0.717, 1.165) is 50.8 Å². The van der Waals surface area contributed by atoms with Gasteiger partial charge in [-0.25, -0.2) is 0 Å². The third kappa shape index (κ3) is 2.86. The summed E-state index contributed by atoms with van der Waals surface area (Å²) in [7, 11) is 5.64. The second kappa shape index (κ2) is 6.22. The number of hydrogen-bond donors (Lipinski definition) is 1. The van der Waals surface area contributed by atoms with Gasteiger partial charge in [-0.1, -0.05) is 0 Å². The van der Waals surface area contributed by atoms with E-state index in [0.29, 0.717) is 6.04 Å². The number of piperazine rings is 1. The average molecular weight is 291 g/mol. The summed E-state index contributed by atoms with van der Waals surface area (Å²) in [5, 5.41) is 3.54. The molecular weight excluding hydrogens is 266 g/mol. The van der Waals surface area contributed by atoms with Gasteiger partial charge in [0.05, 0.1) is 20.3 Å². The van der Waals surface area contributed by atoms with Gasteiger partial charge >= 0.3 is 0 Å². The highest BCUT2D eigenvalue weighted by Crippen LogP contribution is 2.38. The number of nitrogens with zero attached hydrogens (tertiary/aromatic N) is 2. The Morgan fingerprint density at radius 3 is 2.52 bits per heavy atom. The molecule has 1 atom stereocenters. The molecule has 3 rings (SSSR count). The van der Waals surface area contributed by atoms with Crippen LogP contribution in [0.3, 0.4) is 0 Å². The highest BCUT2D eigenvalue weighted by molar-refractivity contribution is 5.49. The summed E-state index contributed by atoms with van der Waals surface area (Å²) in [6.45, 7) is 6.34. The molecule has 0 spiro atoms. The Morgan fingerprint density at radius 1 is 1.10 bits per heavy atom. The van der Waals surface area contributed by atoms with Crippen LogP contribution in [-0.4, -0.2) is 63.8 Å². The van der Waals surface area contributed by atoms with Gasteiger partial charge in [0.15, 0.2) is 0 Å². The van der Waals surface area contributed by atoms with Crippen LogP contribution in [0.1, 0.15) is 17.2 Å². The van der Waals surface area contributed by atoms with Gasteiger partial charge in [-0.15, -0.1) is 0 Å². The topological polar surface area (TPSA) is 37.0 Å². The smallest absolute Gasteiger partial charge is 0.127 e. The SMILES string of the molecule is COc1cc2c(c(OC)c1)[C@@H](N1CCN(C)CC1)CNC2. The minimum absolute atomic E-state index is 0.392. The minimum atomic E-state index is 0.392. The fourth-order valence-electron chi connectivity index (χ4n) is 3.36. The molecule has 0 aliphatic carbocycles. The lowest BCUT2D eigenvalue weighted by Crippen LogP contribution is -2.49. The van der Waals surface area contributed by atoms with Crippen molar-refractivity contribution < 1.29 is 9.47 Å². The molecule has 1 N–H and O–H groups in total. The van der Waals surface area contributed by atoms with E-state index in [1.165, 1.54) is 11.1 Å². The highest BCUT2D eigenvalue weighted by Gasteiger charge is 2.31. The maximum Gasteiger partial charge on any atom is 0.127 e. The molecule has 5 nitrogen and oxygen atoms in total. The minimum Gasteiger partial charge on any atom is -0.497 e. The van der Waals surface area contributed by atoms with Gasteiger partial charge in [0.25, 0.3) is 0 Å². The monoisotopic (exact) mass is 291 g/mol. The molecule has 0 aromatic heterocycles. The molecule has 0 unspecified atom stereocenters. The van der Waals surface area contributed by atoms with Gasteiger partial charge in [-0.2, -0.15) is 0 Å². The summed E-state index contributed by atoms with van der Waals surface area (Å²) in [4.78, 5) is 4.96. The molecule has 2 heterocycles. The van der Waals surface area contributed by atoms with Crippen molar-refractivity contribution >= 4 is 0 Å². The molecule has 1 fully saturated rings. The zero-order valence-electron chi connectivity index (χ0n) is 13.2. The number of ether oxygens (including phenoxy) is 2. The van der Waals surface area contributed by atoms with E-state index in [9.17, 15) is 0 Å². The second-order valence-electron chi connectivity index (χ2n) is 5.89. The maximum atomic E-state index is 5.65. The Morgan fingerprint density at radius 2 is 1.86 bits per heavy atom. The van der Waals surface area contributed by atoms with Crippen molar-refractivity contribution in [2.24, 2.45) is 0 Å². The van der Waals surface area contributed by atoms with Gasteiger partial charge < -0.3 is 19.7 Å². The van der Waals surface area contributed by atoms with E-state index >= 15 is 0 Å². The molecule has 21 heavy (non-hydrogen) atoms. The van der Waals surface area contributed by atoms with Gasteiger partial charge in [0.2, 0.25) is 0 Å². The molecule has 0 saturated carbocycles. The first-order chi connectivity index (χ1) is 10.2. The van der Waals surface area contributed by atoms with Gasteiger partial charge in [-0.05, 0) is 18.7 Å². The van der Waals surface area contributed by atoms with Crippen LogP contribution in [0.15, 0.2) is 12.1 Å². The van der Waals surface area contributed by atoms with Gasteiger partial charge in [-0.3, -0.25) is 4.90 Å². The van der Waals surface area contributed by atoms with Crippen LogP contribution < -0.4 is 14.8 Å². The average Bonchev–Trinajstić information content (AvgIpc) is 2.54. The Kier molecular flexibility index (Phi) is 4.33. The van der Waals surface area contributed by atoms with E-state index in [1.54, 1.807) is 14.2 Å². The molecular formula is C16H25N3O2. The number of methoxy groups -OCH3 is 2. The number of benzene rings is 1. The largest absolute Gasteiger partial charge is 0.497 e. The van der Waals surface area contributed by atoms with E-state index in [4.69, 9.17) is 9.47 Å². The molecule has 1 saturated heterocycles. The van der Waals surface area contributed by atoms with Crippen LogP contribution in [0.4, 0.5) is 0 Å². The summed E-state index contributed by atoms with van der Waals surface area (Å²) < 4.78 is 11.0. The normalized spacial score (nSPS) is 23.7. The van der Waals surface area contributed by atoms with Crippen molar-refractivity contribution in [1.29, 1.82) is 0 Å². The lowest BCUT2D eigenvalue weighted by Gasteiger charge is -2.41. The molecule has 2 aliphatic rings. The predicted octanol–water partition coefficient (Wildman–Crippen LogP) is 1.10. The van der Waals surface area contributed by atoms with Gasteiger partial charge in [0.1, 0.15) is 11.5 Å². The number of rotatable bonds is 3. The number of fused-ring (bicyclic) bond motifs is 1. The fourth-order valence-corrected chi connectivity index (χ4v) is 3.36. The van der Waals surface area contributed by atoms with Crippen LogP contribution in [0.5, 0.6) is 11.5 Å².